The van der Waals surface area contributed by atoms with E-state index in [4.69, 9.17) is 10.7 Å². The molecule has 7 rings (SSSR count). The number of fused-ring (bicyclic) bond motifs is 3. The molecule has 0 radical (unpaired) electrons. The highest BCUT2D eigenvalue weighted by atomic mass is 16.2. The molecule has 8 nitrogen and oxygen atoms in total. The van der Waals surface area contributed by atoms with Gasteiger partial charge in [-0.2, -0.15) is 0 Å². The second-order valence-corrected chi connectivity index (χ2v) is 10.4. The molecule has 4 aromatic rings. The molecule has 1 aromatic carbocycles. The van der Waals surface area contributed by atoms with Crippen LogP contribution in [0.15, 0.2) is 78.3 Å². The van der Waals surface area contributed by atoms with E-state index in [1.807, 2.05) is 41.6 Å². The molecule has 1 unspecified atom stereocenters. The van der Waals surface area contributed by atoms with Crippen LogP contribution in [-0.4, -0.2) is 48.8 Å². The van der Waals surface area contributed by atoms with Crippen molar-refractivity contribution < 1.29 is 4.79 Å². The summed E-state index contributed by atoms with van der Waals surface area (Å²) in [5.74, 6) is 1.76. The van der Waals surface area contributed by atoms with Crippen LogP contribution in [0.2, 0.25) is 0 Å². The van der Waals surface area contributed by atoms with Crippen molar-refractivity contribution >= 4 is 28.1 Å². The zero-order valence-corrected chi connectivity index (χ0v) is 20.7. The number of para-hydroxylation sites is 1. The van der Waals surface area contributed by atoms with Crippen molar-refractivity contribution in [2.45, 2.75) is 37.6 Å². The van der Waals surface area contributed by atoms with Gasteiger partial charge in [0.05, 0.1) is 11.2 Å². The van der Waals surface area contributed by atoms with Crippen LogP contribution >= 0.6 is 0 Å². The Morgan fingerprint density at radius 2 is 2.03 bits per heavy atom. The van der Waals surface area contributed by atoms with Crippen molar-refractivity contribution in [3.05, 3.63) is 84.1 Å². The predicted octanol–water partition coefficient (Wildman–Crippen LogP) is 4.30. The monoisotopic (exact) mass is 491 g/mol. The Kier molecular flexibility index (Phi) is 4.79. The number of anilines is 1. The van der Waals surface area contributed by atoms with Crippen molar-refractivity contribution in [3.8, 4) is 11.4 Å². The number of H-pyrrole nitrogens is 1. The lowest BCUT2D eigenvalue weighted by Crippen LogP contribution is -2.43. The van der Waals surface area contributed by atoms with Gasteiger partial charge in [0.1, 0.15) is 22.9 Å². The number of nitrogens with zero attached hydrogens (tertiary/aromatic N) is 4. The number of piperidine rings is 1. The van der Waals surface area contributed by atoms with E-state index in [0.29, 0.717) is 18.9 Å². The maximum atomic E-state index is 13.5. The van der Waals surface area contributed by atoms with E-state index in [-0.39, 0.29) is 17.4 Å². The van der Waals surface area contributed by atoms with Crippen LogP contribution in [-0.2, 0) is 4.79 Å². The van der Waals surface area contributed by atoms with Gasteiger partial charge in [0.25, 0.3) is 5.91 Å². The molecule has 8 heteroatoms. The number of likely N-dealkylation sites (tertiary alicyclic amines) is 1. The van der Waals surface area contributed by atoms with Crippen molar-refractivity contribution in [3.63, 3.8) is 0 Å². The third kappa shape index (κ3) is 3.39. The highest BCUT2D eigenvalue weighted by molar-refractivity contribution is 5.98. The second-order valence-electron chi connectivity index (χ2n) is 10.4. The number of benzene rings is 1. The molecule has 37 heavy (non-hydrogen) atoms. The van der Waals surface area contributed by atoms with Crippen LogP contribution < -0.4 is 11.1 Å². The Morgan fingerprint density at radius 1 is 1.19 bits per heavy atom. The summed E-state index contributed by atoms with van der Waals surface area (Å²) < 4.78 is 2.08. The average Bonchev–Trinajstić information content (AvgIpc) is 3.63. The number of nitrogens with two attached hydrogens (primary N) is 1. The molecule has 1 aliphatic carbocycles. The van der Waals surface area contributed by atoms with Gasteiger partial charge in [-0.1, -0.05) is 30.4 Å². The lowest BCUT2D eigenvalue weighted by Gasteiger charge is -2.35. The molecular weight excluding hydrogens is 462 g/mol. The van der Waals surface area contributed by atoms with Gasteiger partial charge >= 0.3 is 0 Å². The number of hydrogen-bond donors (Lipinski definition) is 3. The number of imidazole rings is 1. The van der Waals surface area contributed by atoms with Gasteiger partial charge in [-0.3, -0.25) is 9.20 Å². The molecule has 4 N–H and O–H groups in total. The summed E-state index contributed by atoms with van der Waals surface area (Å²) in [6, 6.07) is 10.3. The van der Waals surface area contributed by atoms with Crippen LogP contribution in [0.5, 0.6) is 0 Å². The first-order valence-corrected chi connectivity index (χ1v) is 12.9. The van der Waals surface area contributed by atoms with Crippen LogP contribution in [0.25, 0.3) is 27.8 Å². The highest BCUT2D eigenvalue weighted by Crippen LogP contribution is 2.37. The molecule has 3 aromatic heterocycles. The van der Waals surface area contributed by atoms with E-state index in [1.165, 1.54) is 0 Å². The van der Waals surface area contributed by atoms with Gasteiger partial charge in [-0.05, 0) is 56.2 Å². The number of nitrogens with one attached hydrogen (secondary N) is 2. The first kappa shape index (κ1) is 21.9. The summed E-state index contributed by atoms with van der Waals surface area (Å²) in [5, 5.41) is 4.54. The van der Waals surface area contributed by atoms with E-state index in [9.17, 15) is 4.79 Å². The minimum absolute atomic E-state index is 0.115. The molecule has 0 bridgehead atoms. The zero-order valence-electron chi connectivity index (χ0n) is 20.7. The average molecular weight is 492 g/mol. The van der Waals surface area contributed by atoms with Gasteiger partial charge in [-0.25, -0.2) is 9.97 Å². The number of amides is 1. The predicted molar refractivity (Wildman–Crippen MR) is 145 cm³/mol. The topological polar surface area (TPSA) is 104 Å². The summed E-state index contributed by atoms with van der Waals surface area (Å²) in [7, 11) is 0. The van der Waals surface area contributed by atoms with Crippen molar-refractivity contribution in [1.29, 1.82) is 0 Å². The van der Waals surface area contributed by atoms with Gasteiger partial charge in [0.2, 0.25) is 0 Å². The van der Waals surface area contributed by atoms with E-state index in [0.717, 1.165) is 64.0 Å². The van der Waals surface area contributed by atoms with Crippen molar-refractivity contribution in [2.24, 2.45) is 0 Å². The smallest absolute Gasteiger partial charge is 0.254 e. The van der Waals surface area contributed by atoms with Gasteiger partial charge in [-0.15, -0.1) is 0 Å². The van der Waals surface area contributed by atoms with Gasteiger partial charge in [0, 0.05) is 47.9 Å². The van der Waals surface area contributed by atoms with E-state index in [1.54, 1.807) is 6.20 Å². The molecule has 1 saturated heterocycles. The normalized spacial score (nSPS) is 21.7. The van der Waals surface area contributed by atoms with Crippen LogP contribution in [0.3, 0.4) is 0 Å². The molecule has 3 aliphatic rings. The number of nitrogen functional groups attached to an aromatic ring is 1. The first-order valence-electron chi connectivity index (χ1n) is 12.9. The van der Waals surface area contributed by atoms with E-state index in [2.05, 4.69) is 50.9 Å². The summed E-state index contributed by atoms with van der Waals surface area (Å²) in [4.78, 5) is 28.5. The number of rotatable bonds is 3. The van der Waals surface area contributed by atoms with Crippen LogP contribution in [0.1, 0.15) is 37.9 Å². The Morgan fingerprint density at radius 3 is 2.86 bits per heavy atom. The number of carbonyl (C=O) groups is 1. The minimum Gasteiger partial charge on any atom is -0.382 e. The fraction of sp³-hybridized carbons (Fsp3) is 0.276. The SMILES string of the molecule is CC12CC=CC(C(=O)N3CCC(c4nc(-c5cc6ccccc6[nH]5)c5c(N)nccn45)CC3)=C1C=CN2. The Hall–Kier alpha value is -4.33. The second kappa shape index (κ2) is 8.09. The fourth-order valence-electron chi connectivity index (χ4n) is 6.09. The summed E-state index contributed by atoms with van der Waals surface area (Å²) in [5.41, 5.74) is 11.7. The summed E-state index contributed by atoms with van der Waals surface area (Å²) in [6.07, 6.45) is 14.3. The summed E-state index contributed by atoms with van der Waals surface area (Å²) >= 11 is 0. The van der Waals surface area contributed by atoms with Gasteiger partial charge in [0.15, 0.2) is 0 Å². The molecule has 1 atom stereocenters. The standard InChI is InChI=1S/C29H29N7O/c1-29-11-4-6-20(21(29)8-12-32-29)28(37)35-14-9-18(10-15-35)27-34-24(25-26(30)31-13-16-36(25)27)23-17-19-5-2-3-7-22(19)33-23/h2-8,12-13,16-18,32-33H,9-11,14-15H2,1H3,(H2,30,31). The highest BCUT2D eigenvalue weighted by Gasteiger charge is 2.37. The largest absolute Gasteiger partial charge is 0.382 e. The third-order valence-electron chi connectivity index (χ3n) is 8.12. The molecule has 1 amide bonds. The molecular formula is C29H29N7O. The van der Waals surface area contributed by atoms with Crippen molar-refractivity contribution in [1.82, 2.24) is 29.6 Å². The minimum atomic E-state index is -0.181. The zero-order chi connectivity index (χ0) is 25.1. The van der Waals surface area contributed by atoms with E-state index < -0.39 is 0 Å². The lowest BCUT2D eigenvalue weighted by atomic mass is 9.82. The molecule has 0 spiro atoms. The molecule has 0 saturated carbocycles. The Balaban J connectivity index is 1.19. The molecule has 5 heterocycles. The number of carbonyl (C=O) groups excluding carboxylic acids is 1. The van der Waals surface area contributed by atoms with E-state index >= 15 is 0 Å². The Bertz CT molecular complexity index is 1610. The molecule has 1 fully saturated rings. The van der Waals surface area contributed by atoms with Crippen LogP contribution in [0, 0.1) is 0 Å². The maximum absolute atomic E-state index is 13.5. The number of hydrogen-bond acceptors (Lipinski definition) is 5. The van der Waals surface area contributed by atoms with Crippen LogP contribution in [0.4, 0.5) is 5.82 Å². The first-order chi connectivity index (χ1) is 18.0. The molecule has 2 aliphatic heterocycles. The Labute approximate surface area is 214 Å². The third-order valence-corrected chi connectivity index (χ3v) is 8.12. The quantitative estimate of drug-likeness (QED) is 0.396. The fourth-order valence-corrected chi connectivity index (χ4v) is 6.09. The summed E-state index contributed by atoms with van der Waals surface area (Å²) in [6.45, 7) is 3.54. The number of aromatic nitrogens is 4. The van der Waals surface area contributed by atoms with Crippen molar-refractivity contribution in [2.75, 3.05) is 18.8 Å². The molecule has 186 valence electrons. The maximum Gasteiger partial charge on any atom is 0.254 e. The number of aromatic amines is 1. The van der Waals surface area contributed by atoms with Gasteiger partial charge < -0.3 is 20.9 Å². The lowest BCUT2D eigenvalue weighted by molar-refractivity contribution is -0.127.